The number of anilines is 1. The van der Waals surface area contributed by atoms with E-state index >= 15 is 0 Å². The summed E-state index contributed by atoms with van der Waals surface area (Å²) in [7, 11) is 0. The highest BCUT2D eigenvalue weighted by atomic mass is 32.2. The summed E-state index contributed by atoms with van der Waals surface area (Å²) in [6.07, 6.45) is 1.80. The first-order valence-corrected chi connectivity index (χ1v) is 8.63. The van der Waals surface area contributed by atoms with Gasteiger partial charge in [0, 0.05) is 5.75 Å². The Morgan fingerprint density at radius 1 is 1.45 bits per heavy atom. The van der Waals surface area contributed by atoms with Crippen molar-refractivity contribution in [1.82, 2.24) is 10.2 Å². The van der Waals surface area contributed by atoms with Crippen molar-refractivity contribution < 1.29 is 9.53 Å². The number of rotatable bonds is 8. The van der Waals surface area contributed by atoms with Crippen LogP contribution in [0.25, 0.3) is 0 Å². The highest BCUT2D eigenvalue weighted by Crippen LogP contribution is 2.25. The van der Waals surface area contributed by atoms with E-state index in [9.17, 15) is 4.79 Å². The van der Waals surface area contributed by atoms with Crippen LogP contribution < -0.4 is 10.1 Å². The zero-order chi connectivity index (χ0) is 15.8. The SMILES string of the molecule is C=CCSc1nnc(NC(=O)[C@H](CC)Oc2ccccc2)s1. The first-order valence-electron chi connectivity index (χ1n) is 6.82. The van der Waals surface area contributed by atoms with Gasteiger partial charge in [0.2, 0.25) is 5.13 Å². The second kappa shape index (κ2) is 8.55. The maximum Gasteiger partial charge on any atom is 0.267 e. The second-order valence-electron chi connectivity index (χ2n) is 4.29. The van der Waals surface area contributed by atoms with Crippen molar-refractivity contribution in [1.29, 1.82) is 0 Å². The summed E-state index contributed by atoms with van der Waals surface area (Å²) in [5, 5.41) is 11.2. The molecule has 2 aromatic rings. The number of para-hydroxylation sites is 1. The average Bonchev–Trinajstić information content (AvgIpc) is 2.98. The molecule has 0 aliphatic carbocycles. The van der Waals surface area contributed by atoms with Crippen LogP contribution in [0.1, 0.15) is 13.3 Å². The molecule has 0 spiro atoms. The number of amides is 1. The van der Waals surface area contributed by atoms with Crippen molar-refractivity contribution in [3.05, 3.63) is 43.0 Å². The maximum absolute atomic E-state index is 12.3. The Morgan fingerprint density at radius 2 is 2.23 bits per heavy atom. The summed E-state index contributed by atoms with van der Waals surface area (Å²) < 4.78 is 6.49. The number of aromatic nitrogens is 2. The fourth-order valence-corrected chi connectivity index (χ4v) is 3.14. The molecule has 0 saturated carbocycles. The molecule has 1 heterocycles. The molecule has 1 aromatic carbocycles. The molecule has 22 heavy (non-hydrogen) atoms. The van der Waals surface area contributed by atoms with Crippen LogP contribution in [0.15, 0.2) is 47.3 Å². The van der Waals surface area contributed by atoms with Gasteiger partial charge in [-0.25, -0.2) is 0 Å². The van der Waals surface area contributed by atoms with E-state index < -0.39 is 6.10 Å². The molecule has 1 N–H and O–H groups in total. The van der Waals surface area contributed by atoms with E-state index in [1.807, 2.05) is 37.3 Å². The van der Waals surface area contributed by atoms with E-state index in [0.29, 0.717) is 17.3 Å². The molecule has 0 aliphatic heterocycles. The Hall–Kier alpha value is -1.86. The number of ether oxygens (including phenoxy) is 1. The van der Waals surface area contributed by atoms with Gasteiger partial charge in [-0.05, 0) is 18.6 Å². The minimum absolute atomic E-state index is 0.220. The molecule has 116 valence electrons. The average molecular weight is 335 g/mol. The number of benzene rings is 1. The minimum Gasteiger partial charge on any atom is -0.481 e. The van der Waals surface area contributed by atoms with Crippen LogP contribution in [-0.4, -0.2) is 28.0 Å². The van der Waals surface area contributed by atoms with Crippen LogP contribution in [0.2, 0.25) is 0 Å². The molecular weight excluding hydrogens is 318 g/mol. The Balaban J connectivity index is 1.94. The summed E-state index contributed by atoms with van der Waals surface area (Å²) in [5.74, 6) is 1.21. The van der Waals surface area contributed by atoms with Gasteiger partial charge in [-0.3, -0.25) is 10.1 Å². The van der Waals surface area contributed by atoms with E-state index in [1.165, 1.54) is 23.1 Å². The second-order valence-corrected chi connectivity index (χ2v) is 6.53. The Bertz CT molecular complexity index is 616. The van der Waals surface area contributed by atoms with E-state index in [4.69, 9.17) is 4.74 Å². The largest absolute Gasteiger partial charge is 0.481 e. The number of thioether (sulfide) groups is 1. The molecule has 7 heteroatoms. The lowest BCUT2D eigenvalue weighted by Gasteiger charge is -2.16. The summed E-state index contributed by atoms with van der Waals surface area (Å²) in [5.41, 5.74) is 0. The number of hydrogen-bond donors (Lipinski definition) is 1. The molecule has 0 fully saturated rings. The Labute approximate surface area is 137 Å². The molecule has 0 aliphatic rings. The van der Waals surface area contributed by atoms with Gasteiger partial charge in [-0.2, -0.15) is 0 Å². The van der Waals surface area contributed by atoms with Crippen molar-refractivity contribution in [2.75, 3.05) is 11.1 Å². The summed E-state index contributed by atoms with van der Waals surface area (Å²) in [4.78, 5) is 12.3. The van der Waals surface area contributed by atoms with Crippen molar-refractivity contribution in [2.24, 2.45) is 0 Å². The number of hydrogen-bond acceptors (Lipinski definition) is 6. The van der Waals surface area contributed by atoms with E-state index in [2.05, 4.69) is 22.1 Å². The van der Waals surface area contributed by atoms with Gasteiger partial charge in [0.05, 0.1) is 0 Å². The van der Waals surface area contributed by atoms with Gasteiger partial charge in [0.1, 0.15) is 5.75 Å². The van der Waals surface area contributed by atoms with Crippen LogP contribution in [0.5, 0.6) is 5.75 Å². The third kappa shape index (κ3) is 4.85. The van der Waals surface area contributed by atoms with Gasteiger partial charge in [-0.15, -0.1) is 16.8 Å². The van der Waals surface area contributed by atoms with Crippen LogP contribution in [-0.2, 0) is 4.79 Å². The lowest BCUT2D eigenvalue weighted by Crippen LogP contribution is -2.32. The molecule has 0 radical (unpaired) electrons. The van der Waals surface area contributed by atoms with Crippen molar-refractivity contribution in [3.8, 4) is 5.75 Å². The zero-order valence-corrected chi connectivity index (χ0v) is 13.8. The lowest BCUT2D eigenvalue weighted by molar-refractivity contribution is -0.122. The third-order valence-corrected chi connectivity index (χ3v) is 4.61. The molecule has 1 amide bonds. The number of nitrogens with one attached hydrogen (secondary N) is 1. The van der Waals surface area contributed by atoms with Crippen LogP contribution in [0, 0.1) is 0 Å². The van der Waals surface area contributed by atoms with Crippen LogP contribution >= 0.6 is 23.1 Å². The molecule has 0 unspecified atom stereocenters. The molecule has 0 bridgehead atoms. The number of nitrogens with zero attached hydrogens (tertiary/aromatic N) is 2. The molecule has 5 nitrogen and oxygen atoms in total. The monoisotopic (exact) mass is 335 g/mol. The first-order chi connectivity index (χ1) is 10.7. The molecule has 2 rings (SSSR count). The fourth-order valence-electron chi connectivity index (χ4n) is 1.62. The normalized spacial score (nSPS) is 11.7. The van der Waals surface area contributed by atoms with Crippen molar-refractivity contribution in [2.45, 2.75) is 23.8 Å². The predicted octanol–water partition coefficient (Wildman–Crippen LogP) is 3.61. The number of carbonyl (C=O) groups is 1. The first kappa shape index (κ1) is 16.5. The van der Waals surface area contributed by atoms with Crippen LogP contribution in [0.3, 0.4) is 0 Å². The van der Waals surface area contributed by atoms with Gasteiger partial charge >= 0.3 is 0 Å². The van der Waals surface area contributed by atoms with Gasteiger partial charge in [0.25, 0.3) is 5.91 Å². The van der Waals surface area contributed by atoms with Gasteiger partial charge in [-0.1, -0.05) is 54.3 Å². The zero-order valence-electron chi connectivity index (χ0n) is 12.2. The third-order valence-electron chi connectivity index (χ3n) is 2.65. The molecule has 0 saturated heterocycles. The van der Waals surface area contributed by atoms with E-state index in [1.54, 1.807) is 6.08 Å². The Morgan fingerprint density at radius 3 is 2.91 bits per heavy atom. The molecule has 1 aromatic heterocycles. The van der Waals surface area contributed by atoms with Crippen molar-refractivity contribution >= 4 is 34.1 Å². The predicted molar refractivity (Wildman–Crippen MR) is 90.6 cm³/mol. The minimum atomic E-state index is -0.560. The highest BCUT2D eigenvalue weighted by molar-refractivity contribution is 8.01. The highest BCUT2D eigenvalue weighted by Gasteiger charge is 2.20. The summed E-state index contributed by atoms with van der Waals surface area (Å²) >= 11 is 2.87. The van der Waals surface area contributed by atoms with Crippen LogP contribution in [0.4, 0.5) is 5.13 Å². The lowest BCUT2D eigenvalue weighted by atomic mass is 10.2. The van der Waals surface area contributed by atoms with E-state index in [-0.39, 0.29) is 5.91 Å². The standard InChI is InChI=1S/C15H17N3O2S2/c1-3-10-21-15-18-17-14(22-15)16-13(19)12(4-2)20-11-8-6-5-7-9-11/h3,5-9,12H,1,4,10H2,2H3,(H,16,17,19)/t12-/m0/s1. The number of carbonyl (C=O) groups excluding carboxylic acids is 1. The maximum atomic E-state index is 12.3. The molecular formula is C15H17N3O2S2. The van der Waals surface area contributed by atoms with E-state index in [0.717, 1.165) is 10.1 Å². The smallest absolute Gasteiger partial charge is 0.267 e. The van der Waals surface area contributed by atoms with Crippen molar-refractivity contribution in [3.63, 3.8) is 0 Å². The van der Waals surface area contributed by atoms with Gasteiger partial charge in [0.15, 0.2) is 10.4 Å². The fraction of sp³-hybridized carbons (Fsp3) is 0.267. The van der Waals surface area contributed by atoms with Gasteiger partial charge < -0.3 is 4.74 Å². The topological polar surface area (TPSA) is 64.1 Å². The Kier molecular flexibility index (Phi) is 6.42. The molecule has 1 atom stereocenters. The summed E-state index contributed by atoms with van der Waals surface area (Å²) in [6.45, 7) is 5.56. The quantitative estimate of drug-likeness (QED) is 0.453. The summed E-state index contributed by atoms with van der Waals surface area (Å²) in [6, 6.07) is 9.29.